The molecule has 0 aliphatic rings. The van der Waals surface area contributed by atoms with Crippen molar-refractivity contribution < 1.29 is 9.59 Å². The second kappa shape index (κ2) is 9.53. The zero-order valence-corrected chi connectivity index (χ0v) is 16.2. The molecule has 0 aliphatic heterocycles. The van der Waals surface area contributed by atoms with Crippen molar-refractivity contribution in [1.29, 1.82) is 0 Å². The fraction of sp³-hybridized carbons (Fsp3) is 0.263. The van der Waals surface area contributed by atoms with E-state index in [1.807, 2.05) is 67.8 Å². The van der Waals surface area contributed by atoms with Gasteiger partial charge in [-0.25, -0.2) is 0 Å². The van der Waals surface area contributed by atoms with Gasteiger partial charge in [-0.2, -0.15) is 0 Å². The maximum absolute atomic E-state index is 12.5. The van der Waals surface area contributed by atoms with Crippen LogP contribution in [-0.4, -0.2) is 41.8 Å². The number of likely N-dealkylation sites (N-methyl/N-ethyl adjacent to an activating group) is 1. The van der Waals surface area contributed by atoms with E-state index in [0.29, 0.717) is 0 Å². The highest BCUT2D eigenvalue weighted by molar-refractivity contribution is 8.00. The van der Waals surface area contributed by atoms with Crippen LogP contribution in [0.5, 0.6) is 0 Å². The first-order chi connectivity index (χ1) is 12.0. The van der Waals surface area contributed by atoms with Gasteiger partial charge in [0.05, 0.1) is 17.5 Å². The van der Waals surface area contributed by atoms with Crippen LogP contribution in [0.3, 0.4) is 0 Å². The summed E-state index contributed by atoms with van der Waals surface area (Å²) in [6, 6.07) is 17.4. The SMILES string of the molecule is CSc1ccccc1NC(=O)CN(C)C(=O)C(C)Sc1ccccc1. The highest BCUT2D eigenvalue weighted by atomic mass is 32.2. The number of carbonyl (C=O) groups excluding carboxylic acids is 2. The first-order valence-corrected chi connectivity index (χ1v) is 10.0. The fourth-order valence-electron chi connectivity index (χ4n) is 2.29. The summed E-state index contributed by atoms with van der Waals surface area (Å²) in [6.45, 7) is 1.89. The number of carbonyl (C=O) groups is 2. The Hall–Kier alpha value is -1.92. The standard InChI is InChI=1S/C19H22N2O2S2/c1-14(25-15-9-5-4-6-10-15)19(23)21(2)13-18(22)20-16-11-7-8-12-17(16)24-3/h4-12,14H,13H2,1-3H3,(H,20,22). The molecule has 1 atom stereocenters. The van der Waals surface area contributed by atoms with Gasteiger partial charge in [0.2, 0.25) is 11.8 Å². The van der Waals surface area contributed by atoms with Crippen LogP contribution in [-0.2, 0) is 9.59 Å². The fourth-order valence-corrected chi connectivity index (χ4v) is 3.85. The number of nitrogens with one attached hydrogen (secondary N) is 1. The summed E-state index contributed by atoms with van der Waals surface area (Å²) in [7, 11) is 1.66. The minimum atomic E-state index is -0.251. The lowest BCUT2D eigenvalue weighted by atomic mass is 10.3. The molecule has 132 valence electrons. The molecule has 25 heavy (non-hydrogen) atoms. The molecule has 0 aromatic heterocycles. The number of rotatable bonds is 7. The largest absolute Gasteiger partial charge is 0.335 e. The van der Waals surface area contributed by atoms with Gasteiger partial charge in [0.1, 0.15) is 0 Å². The van der Waals surface area contributed by atoms with Crippen LogP contribution in [0, 0.1) is 0 Å². The Morgan fingerprint density at radius 2 is 1.72 bits per heavy atom. The Morgan fingerprint density at radius 3 is 2.40 bits per heavy atom. The highest BCUT2D eigenvalue weighted by Gasteiger charge is 2.20. The van der Waals surface area contributed by atoms with Crippen LogP contribution in [0.2, 0.25) is 0 Å². The predicted octanol–water partition coefficient (Wildman–Crippen LogP) is 3.99. The summed E-state index contributed by atoms with van der Waals surface area (Å²) < 4.78 is 0. The monoisotopic (exact) mass is 374 g/mol. The van der Waals surface area contributed by atoms with Gasteiger partial charge in [-0.1, -0.05) is 30.3 Å². The minimum absolute atomic E-state index is 0.0290. The van der Waals surface area contributed by atoms with Gasteiger partial charge in [0.25, 0.3) is 0 Å². The molecule has 0 bridgehead atoms. The van der Waals surface area contributed by atoms with Crippen LogP contribution in [0.25, 0.3) is 0 Å². The van der Waals surface area contributed by atoms with Gasteiger partial charge in [0.15, 0.2) is 0 Å². The first-order valence-electron chi connectivity index (χ1n) is 7.91. The molecule has 1 N–H and O–H groups in total. The Bertz CT molecular complexity index is 722. The third kappa shape index (κ3) is 5.83. The van der Waals surface area contributed by atoms with E-state index in [1.165, 1.54) is 16.7 Å². The molecule has 2 amide bonds. The van der Waals surface area contributed by atoms with E-state index in [4.69, 9.17) is 0 Å². The molecule has 2 rings (SSSR count). The molecular formula is C19H22N2O2S2. The second-order valence-corrected chi connectivity index (χ2v) is 7.78. The van der Waals surface area contributed by atoms with Crippen molar-refractivity contribution in [2.45, 2.75) is 22.0 Å². The molecule has 2 aromatic carbocycles. The van der Waals surface area contributed by atoms with Crippen molar-refractivity contribution in [1.82, 2.24) is 4.90 Å². The second-order valence-electron chi connectivity index (χ2n) is 5.52. The van der Waals surface area contributed by atoms with E-state index in [2.05, 4.69) is 5.32 Å². The Morgan fingerprint density at radius 1 is 1.08 bits per heavy atom. The molecule has 4 nitrogen and oxygen atoms in total. The average molecular weight is 375 g/mol. The van der Waals surface area contributed by atoms with Gasteiger partial charge in [-0.15, -0.1) is 23.5 Å². The van der Waals surface area contributed by atoms with Gasteiger partial charge in [-0.3, -0.25) is 9.59 Å². The third-order valence-electron chi connectivity index (χ3n) is 3.54. The molecule has 0 saturated carbocycles. The van der Waals surface area contributed by atoms with Crippen molar-refractivity contribution in [3.8, 4) is 0 Å². The predicted molar refractivity (Wildman–Crippen MR) is 106 cm³/mol. The highest BCUT2D eigenvalue weighted by Crippen LogP contribution is 2.25. The summed E-state index contributed by atoms with van der Waals surface area (Å²) in [5.74, 6) is -0.267. The molecule has 0 heterocycles. The van der Waals surface area contributed by atoms with Crippen LogP contribution < -0.4 is 5.32 Å². The number of para-hydroxylation sites is 1. The van der Waals surface area contributed by atoms with Crippen molar-refractivity contribution >= 4 is 41.0 Å². The summed E-state index contributed by atoms with van der Waals surface area (Å²) >= 11 is 3.06. The molecule has 1 unspecified atom stereocenters. The summed E-state index contributed by atoms with van der Waals surface area (Å²) in [5, 5.41) is 2.62. The zero-order chi connectivity index (χ0) is 18.2. The smallest absolute Gasteiger partial charge is 0.244 e. The van der Waals surface area contributed by atoms with Crippen LogP contribution in [0.4, 0.5) is 5.69 Å². The molecule has 2 aromatic rings. The number of anilines is 1. The molecule has 6 heteroatoms. The molecule has 0 spiro atoms. The van der Waals surface area contributed by atoms with E-state index in [-0.39, 0.29) is 23.6 Å². The van der Waals surface area contributed by atoms with Crippen LogP contribution in [0.1, 0.15) is 6.92 Å². The number of nitrogens with zero attached hydrogens (tertiary/aromatic N) is 1. The van der Waals surface area contributed by atoms with Crippen molar-refractivity contribution in [3.05, 3.63) is 54.6 Å². The number of thioether (sulfide) groups is 2. The average Bonchev–Trinajstić information content (AvgIpc) is 2.62. The lowest BCUT2D eigenvalue weighted by Gasteiger charge is -2.21. The quantitative estimate of drug-likeness (QED) is 0.745. The lowest BCUT2D eigenvalue weighted by molar-refractivity contribution is -0.132. The Balaban J connectivity index is 1.90. The van der Waals surface area contributed by atoms with E-state index >= 15 is 0 Å². The molecule has 0 saturated heterocycles. The number of hydrogen-bond acceptors (Lipinski definition) is 4. The van der Waals surface area contributed by atoms with Crippen LogP contribution in [0.15, 0.2) is 64.4 Å². The maximum Gasteiger partial charge on any atom is 0.244 e. The van der Waals surface area contributed by atoms with Gasteiger partial charge < -0.3 is 10.2 Å². The van der Waals surface area contributed by atoms with E-state index < -0.39 is 0 Å². The third-order valence-corrected chi connectivity index (χ3v) is 5.44. The summed E-state index contributed by atoms with van der Waals surface area (Å²) in [4.78, 5) is 28.2. The normalized spacial score (nSPS) is 11.6. The molecule has 0 aliphatic carbocycles. The van der Waals surface area contributed by atoms with E-state index in [0.717, 1.165) is 15.5 Å². The maximum atomic E-state index is 12.5. The lowest BCUT2D eigenvalue weighted by Crippen LogP contribution is -2.38. The van der Waals surface area contributed by atoms with Gasteiger partial charge in [-0.05, 0) is 37.4 Å². The molecule has 0 radical (unpaired) electrons. The minimum Gasteiger partial charge on any atom is -0.335 e. The van der Waals surface area contributed by atoms with E-state index in [1.54, 1.807) is 18.8 Å². The first kappa shape index (κ1) is 19.4. The molecular weight excluding hydrogens is 352 g/mol. The van der Waals surface area contributed by atoms with Gasteiger partial charge >= 0.3 is 0 Å². The van der Waals surface area contributed by atoms with Crippen molar-refractivity contribution in [3.63, 3.8) is 0 Å². The Kier molecular flexibility index (Phi) is 7.40. The summed E-state index contributed by atoms with van der Waals surface area (Å²) in [6.07, 6.45) is 1.96. The number of amides is 2. The topological polar surface area (TPSA) is 49.4 Å². The zero-order valence-electron chi connectivity index (χ0n) is 14.6. The summed E-state index contributed by atoms with van der Waals surface area (Å²) in [5.41, 5.74) is 0.771. The van der Waals surface area contributed by atoms with Crippen molar-refractivity contribution in [2.24, 2.45) is 0 Å². The van der Waals surface area contributed by atoms with Gasteiger partial charge in [0, 0.05) is 16.8 Å². The Labute approximate surface area is 157 Å². The number of benzene rings is 2. The number of hydrogen-bond donors (Lipinski definition) is 1. The van der Waals surface area contributed by atoms with Crippen LogP contribution >= 0.6 is 23.5 Å². The van der Waals surface area contributed by atoms with E-state index in [9.17, 15) is 9.59 Å². The van der Waals surface area contributed by atoms with Crippen molar-refractivity contribution in [2.75, 3.05) is 25.2 Å². The molecule has 0 fully saturated rings.